The third-order valence-corrected chi connectivity index (χ3v) is 4.45. The van der Waals surface area contributed by atoms with Gasteiger partial charge in [-0.15, -0.1) is 5.10 Å². The van der Waals surface area contributed by atoms with Gasteiger partial charge in [0.25, 0.3) is 0 Å². The first-order valence-electron chi connectivity index (χ1n) is 5.87. The Labute approximate surface area is 107 Å². The number of anilines is 2. The van der Waals surface area contributed by atoms with Crippen LogP contribution in [-0.4, -0.2) is 40.2 Å². The van der Waals surface area contributed by atoms with Crippen LogP contribution in [0.25, 0.3) is 0 Å². The van der Waals surface area contributed by atoms with Gasteiger partial charge in [-0.1, -0.05) is 0 Å². The first-order valence-corrected chi connectivity index (χ1v) is 7.69. The Bertz CT molecular complexity index is 543. The summed E-state index contributed by atoms with van der Waals surface area (Å²) in [5, 5.41) is 7.36. The molecule has 7 nitrogen and oxygen atoms in total. The molecule has 1 fully saturated rings. The highest BCUT2D eigenvalue weighted by atomic mass is 32.2. The van der Waals surface area contributed by atoms with Crippen LogP contribution in [0, 0.1) is 0 Å². The standard InChI is InChI=1S/C10H19N5O2S/c1-10(2,3)13-9-12-8(11)15(14-9)7-4-5-18(16,17)6-7/h7H,4-6H2,1-3H3,(H3,11,12,13,14). The lowest BCUT2D eigenvalue weighted by molar-refractivity contribution is 0.505. The molecule has 3 N–H and O–H groups in total. The van der Waals surface area contributed by atoms with Crippen LogP contribution in [0.1, 0.15) is 33.2 Å². The van der Waals surface area contributed by atoms with Crippen LogP contribution in [0.2, 0.25) is 0 Å². The maximum absolute atomic E-state index is 11.4. The molecule has 18 heavy (non-hydrogen) atoms. The fourth-order valence-corrected chi connectivity index (χ4v) is 3.65. The zero-order chi connectivity index (χ0) is 13.6. The molecule has 0 saturated carbocycles. The third kappa shape index (κ3) is 2.92. The van der Waals surface area contributed by atoms with Crippen molar-refractivity contribution in [2.45, 2.75) is 38.8 Å². The molecule has 1 aliphatic rings. The summed E-state index contributed by atoms with van der Waals surface area (Å²) in [6.07, 6.45) is 0.546. The maximum atomic E-state index is 11.4. The predicted molar refractivity (Wildman–Crippen MR) is 70.1 cm³/mol. The van der Waals surface area contributed by atoms with E-state index >= 15 is 0 Å². The fraction of sp³-hybridized carbons (Fsp3) is 0.800. The largest absolute Gasteiger partial charge is 0.368 e. The van der Waals surface area contributed by atoms with Gasteiger partial charge in [-0.05, 0) is 27.2 Å². The van der Waals surface area contributed by atoms with Gasteiger partial charge in [-0.2, -0.15) is 4.98 Å². The second-order valence-corrected chi connectivity index (χ2v) is 7.90. The highest BCUT2D eigenvalue weighted by Gasteiger charge is 2.31. The van der Waals surface area contributed by atoms with E-state index in [4.69, 9.17) is 5.73 Å². The molecule has 0 aromatic carbocycles. The number of nitrogens with two attached hydrogens (primary N) is 1. The van der Waals surface area contributed by atoms with Crippen LogP contribution in [0.15, 0.2) is 0 Å². The molecule has 1 aromatic heterocycles. The van der Waals surface area contributed by atoms with Crippen molar-refractivity contribution in [3.63, 3.8) is 0 Å². The van der Waals surface area contributed by atoms with Gasteiger partial charge < -0.3 is 11.1 Å². The van der Waals surface area contributed by atoms with Gasteiger partial charge >= 0.3 is 0 Å². The molecule has 0 radical (unpaired) electrons. The molecular weight excluding hydrogens is 254 g/mol. The number of hydrogen-bond donors (Lipinski definition) is 2. The van der Waals surface area contributed by atoms with E-state index in [0.717, 1.165) is 0 Å². The molecule has 2 rings (SSSR count). The first-order chi connectivity index (χ1) is 8.16. The summed E-state index contributed by atoms with van der Waals surface area (Å²) in [4.78, 5) is 4.11. The lowest BCUT2D eigenvalue weighted by Gasteiger charge is -2.18. The summed E-state index contributed by atoms with van der Waals surface area (Å²) in [6, 6.07) is -0.196. The molecule has 0 aliphatic carbocycles. The van der Waals surface area contributed by atoms with E-state index in [1.807, 2.05) is 20.8 Å². The highest BCUT2D eigenvalue weighted by molar-refractivity contribution is 7.91. The van der Waals surface area contributed by atoms with Crippen molar-refractivity contribution in [1.29, 1.82) is 0 Å². The molecule has 1 saturated heterocycles. The zero-order valence-corrected chi connectivity index (χ0v) is 11.7. The minimum Gasteiger partial charge on any atom is -0.368 e. The Hall–Kier alpha value is -1.31. The quantitative estimate of drug-likeness (QED) is 0.810. The number of nitrogens with one attached hydrogen (secondary N) is 1. The van der Waals surface area contributed by atoms with Gasteiger partial charge in [0.15, 0.2) is 9.84 Å². The van der Waals surface area contributed by atoms with Crippen molar-refractivity contribution in [2.75, 3.05) is 22.6 Å². The predicted octanol–water partition coefficient (Wildman–Crippen LogP) is 0.430. The minimum absolute atomic E-state index is 0.0928. The van der Waals surface area contributed by atoms with E-state index in [2.05, 4.69) is 15.4 Å². The topological polar surface area (TPSA) is 103 Å². The van der Waals surface area contributed by atoms with Crippen molar-refractivity contribution in [2.24, 2.45) is 0 Å². The highest BCUT2D eigenvalue weighted by Crippen LogP contribution is 2.25. The summed E-state index contributed by atoms with van der Waals surface area (Å²) in [7, 11) is -2.95. The normalized spacial score (nSPS) is 23.2. The molecule has 0 spiro atoms. The van der Waals surface area contributed by atoms with Gasteiger partial charge in [0.1, 0.15) is 0 Å². The smallest absolute Gasteiger partial charge is 0.244 e. The Balaban J connectivity index is 2.20. The SMILES string of the molecule is CC(C)(C)Nc1nc(N)n(C2CCS(=O)(=O)C2)n1. The zero-order valence-electron chi connectivity index (χ0n) is 10.8. The number of hydrogen-bond acceptors (Lipinski definition) is 6. The molecule has 102 valence electrons. The molecule has 1 unspecified atom stereocenters. The number of nitrogens with zero attached hydrogens (tertiary/aromatic N) is 3. The third-order valence-electron chi connectivity index (χ3n) is 2.70. The molecular formula is C10H19N5O2S. The monoisotopic (exact) mass is 273 g/mol. The first kappa shape index (κ1) is 13.1. The minimum atomic E-state index is -2.95. The maximum Gasteiger partial charge on any atom is 0.244 e. The second kappa shape index (κ2) is 4.11. The Morgan fingerprint density at radius 3 is 2.61 bits per heavy atom. The van der Waals surface area contributed by atoms with Crippen LogP contribution in [0.5, 0.6) is 0 Å². The summed E-state index contributed by atoms with van der Waals surface area (Å²) in [5.41, 5.74) is 5.62. The van der Waals surface area contributed by atoms with Crippen LogP contribution >= 0.6 is 0 Å². The number of sulfone groups is 1. The molecule has 0 bridgehead atoms. The number of aromatic nitrogens is 3. The second-order valence-electron chi connectivity index (χ2n) is 5.67. The number of nitrogen functional groups attached to an aromatic ring is 1. The van der Waals surface area contributed by atoms with Crippen molar-refractivity contribution in [1.82, 2.24) is 14.8 Å². The Morgan fingerprint density at radius 2 is 2.11 bits per heavy atom. The average Bonchev–Trinajstić information content (AvgIpc) is 2.67. The molecule has 2 heterocycles. The van der Waals surface area contributed by atoms with Gasteiger partial charge in [0.2, 0.25) is 11.9 Å². The van der Waals surface area contributed by atoms with Gasteiger partial charge in [-0.3, -0.25) is 0 Å². The van der Waals surface area contributed by atoms with E-state index in [9.17, 15) is 8.42 Å². The van der Waals surface area contributed by atoms with Crippen LogP contribution in [-0.2, 0) is 9.84 Å². The van der Waals surface area contributed by atoms with E-state index in [1.54, 1.807) is 0 Å². The average molecular weight is 273 g/mol. The van der Waals surface area contributed by atoms with E-state index in [-0.39, 0.29) is 29.0 Å². The van der Waals surface area contributed by atoms with Gasteiger partial charge in [-0.25, -0.2) is 13.1 Å². The summed E-state index contributed by atoms with van der Waals surface area (Å²) in [6.45, 7) is 5.97. The Morgan fingerprint density at radius 1 is 1.44 bits per heavy atom. The molecule has 1 aliphatic heterocycles. The van der Waals surface area contributed by atoms with Crippen LogP contribution in [0.4, 0.5) is 11.9 Å². The summed E-state index contributed by atoms with van der Waals surface area (Å²) >= 11 is 0. The molecule has 8 heteroatoms. The fourth-order valence-electron chi connectivity index (χ4n) is 1.96. The van der Waals surface area contributed by atoms with Crippen LogP contribution < -0.4 is 11.1 Å². The lowest BCUT2D eigenvalue weighted by Crippen LogP contribution is -2.27. The van der Waals surface area contributed by atoms with E-state index in [0.29, 0.717) is 12.4 Å². The van der Waals surface area contributed by atoms with Crippen LogP contribution in [0.3, 0.4) is 0 Å². The lowest BCUT2D eigenvalue weighted by atomic mass is 10.1. The summed E-state index contributed by atoms with van der Waals surface area (Å²) in [5.74, 6) is 0.974. The summed E-state index contributed by atoms with van der Waals surface area (Å²) < 4.78 is 24.4. The van der Waals surface area contributed by atoms with Crippen molar-refractivity contribution < 1.29 is 8.42 Å². The Kier molecular flexibility index (Phi) is 3.00. The van der Waals surface area contributed by atoms with Crippen molar-refractivity contribution in [3.05, 3.63) is 0 Å². The molecule has 0 amide bonds. The number of rotatable bonds is 2. The van der Waals surface area contributed by atoms with Crippen molar-refractivity contribution in [3.8, 4) is 0 Å². The molecule has 1 aromatic rings. The van der Waals surface area contributed by atoms with Gasteiger partial charge in [0.05, 0.1) is 17.5 Å². The van der Waals surface area contributed by atoms with Crippen molar-refractivity contribution >= 4 is 21.7 Å². The van der Waals surface area contributed by atoms with E-state index in [1.165, 1.54) is 4.68 Å². The van der Waals surface area contributed by atoms with Gasteiger partial charge in [0, 0.05) is 5.54 Å². The van der Waals surface area contributed by atoms with E-state index < -0.39 is 9.84 Å². The molecule has 1 atom stereocenters.